The quantitative estimate of drug-likeness (QED) is 0.252. The van der Waals surface area contributed by atoms with E-state index in [-0.39, 0.29) is 29.7 Å². The number of likely N-dealkylation sites (tertiary alicyclic amines) is 2. The number of hydrogen-bond acceptors (Lipinski definition) is 5. The van der Waals surface area contributed by atoms with Crippen molar-refractivity contribution >= 4 is 30.5 Å². The molecule has 7 nitrogen and oxygen atoms in total. The van der Waals surface area contributed by atoms with E-state index in [1.807, 2.05) is 12.1 Å². The molecule has 2 fully saturated rings. The van der Waals surface area contributed by atoms with Crippen molar-refractivity contribution < 1.29 is 19.1 Å². The smallest absolute Gasteiger partial charge is 0.411 e. The lowest BCUT2D eigenvalue weighted by Crippen LogP contribution is -2.56. The molecule has 2 atom stereocenters. The van der Waals surface area contributed by atoms with Gasteiger partial charge in [0, 0.05) is 25.7 Å². The Balaban J connectivity index is 1.33. The molecular weight excluding hydrogens is 534 g/mol. The van der Waals surface area contributed by atoms with Crippen LogP contribution < -0.4 is 5.32 Å². The first-order valence-electron chi connectivity index (χ1n) is 15.3. The molecule has 2 saturated heterocycles. The molecule has 0 saturated carbocycles. The zero-order valence-electron chi connectivity index (χ0n) is 24.1. The largest absolute Gasteiger partial charge is 0.439 e. The average molecular weight is 580 g/mol. The van der Waals surface area contributed by atoms with E-state index < -0.39 is 12.1 Å². The summed E-state index contributed by atoms with van der Waals surface area (Å²) in [4.78, 5) is 42.9. The molecule has 0 bridgehead atoms. The fourth-order valence-electron chi connectivity index (χ4n) is 6.15. The SMILES string of the molecule is O=C(NC(CCCc1ccccc1)CCCc1ccccc1)C1CCCN(C(=O)C2CCCCN2C(=O)OCS)C1. The van der Waals surface area contributed by atoms with E-state index in [4.69, 9.17) is 4.74 Å². The summed E-state index contributed by atoms with van der Waals surface area (Å²) in [7, 11) is 0. The minimum atomic E-state index is -0.526. The number of amides is 3. The molecular formula is C33H45N3O4S. The van der Waals surface area contributed by atoms with Crippen molar-refractivity contribution in [1.82, 2.24) is 15.1 Å². The van der Waals surface area contributed by atoms with Crippen LogP contribution in [-0.4, -0.2) is 65.4 Å². The van der Waals surface area contributed by atoms with Crippen LogP contribution in [0.25, 0.3) is 0 Å². The van der Waals surface area contributed by atoms with Crippen molar-refractivity contribution in [2.45, 2.75) is 82.7 Å². The highest BCUT2D eigenvalue weighted by molar-refractivity contribution is 7.80. The Labute approximate surface area is 250 Å². The van der Waals surface area contributed by atoms with Gasteiger partial charge in [0.05, 0.1) is 5.92 Å². The van der Waals surface area contributed by atoms with Crippen molar-refractivity contribution in [1.29, 1.82) is 0 Å². The van der Waals surface area contributed by atoms with Gasteiger partial charge >= 0.3 is 6.09 Å². The first-order valence-corrected chi connectivity index (χ1v) is 15.9. The number of hydrogen-bond donors (Lipinski definition) is 2. The Kier molecular flexibility index (Phi) is 12.4. The summed E-state index contributed by atoms with van der Waals surface area (Å²) in [6, 6.07) is 20.5. The van der Waals surface area contributed by atoms with E-state index >= 15 is 0 Å². The molecule has 2 aromatic carbocycles. The summed E-state index contributed by atoms with van der Waals surface area (Å²) in [6.07, 6.45) is 9.29. The van der Waals surface area contributed by atoms with Gasteiger partial charge in [0.2, 0.25) is 11.8 Å². The lowest BCUT2D eigenvalue weighted by Gasteiger charge is -2.39. The van der Waals surface area contributed by atoms with E-state index in [9.17, 15) is 14.4 Å². The minimum absolute atomic E-state index is 0.0138. The first kappa shape index (κ1) is 30.9. The van der Waals surface area contributed by atoms with Crippen LogP contribution in [0.15, 0.2) is 60.7 Å². The molecule has 0 aromatic heterocycles. The fourth-order valence-corrected chi connectivity index (χ4v) is 6.26. The van der Waals surface area contributed by atoms with Crippen LogP contribution in [0.4, 0.5) is 4.79 Å². The third kappa shape index (κ3) is 9.52. The molecule has 3 amide bonds. The lowest BCUT2D eigenvalue weighted by atomic mass is 9.93. The average Bonchev–Trinajstić information content (AvgIpc) is 3.02. The van der Waals surface area contributed by atoms with Crippen molar-refractivity contribution in [3.8, 4) is 0 Å². The number of carbonyl (C=O) groups excluding carboxylic acids is 3. The normalized spacial score (nSPS) is 19.2. The van der Waals surface area contributed by atoms with Gasteiger partial charge in [0.25, 0.3) is 0 Å². The Morgan fingerprint density at radius 3 is 2.10 bits per heavy atom. The summed E-state index contributed by atoms with van der Waals surface area (Å²) in [5, 5.41) is 3.37. The predicted molar refractivity (Wildman–Crippen MR) is 165 cm³/mol. The number of rotatable bonds is 12. The maximum absolute atomic E-state index is 13.5. The summed E-state index contributed by atoms with van der Waals surface area (Å²) >= 11 is 3.99. The van der Waals surface area contributed by atoms with Gasteiger partial charge in [-0.15, -0.1) is 12.6 Å². The van der Waals surface area contributed by atoms with Gasteiger partial charge in [0.15, 0.2) is 0 Å². The van der Waals surface area contributed by atoms with Gasteiger partial charge in [-0.2, -0.15) is 0 Å². The second-order valence-electron chi connectivity index (χ2n) is 11.3. The third-order valence-corrected chi connectivity index (χ3v) is 8.51. The van der Waals surface area contributed by atoms with Gasteiger partial charge in [-0.05, 0) is 81.8 Å². The van der Waals surface area contributed by atoms with Gasteiger partial charge < -0.3 is 15.0 Å². The number of thiol groups is 1. The second-order valence-corrected chi connectivity index (χ2v) is 11.6. The van der Waals surface area contributed by atoms with Crippen LogP contribution in [0.3, 0.4) is 0 Å². The van der Waals surface area contributed by atoms with Crippen LogP contribution in [0, 0.1) is 5.92 Å². The van der Waals surface area contributed by atoms with Crippen LogP contribution >= 0.6 is 12.6 Å². The molecule has 4 rings (SSSR count). The number of aryl methyl sites for hydroxylation is 2. The zero-order valence-corrected chi connectivity index (χ0v) is 25.0. The Bertz CT molecular complexity index is 1050. The van der Waals surface area contributed by atoms with Gasteiger partial charge in [-0.1, -0.05) is 60.7 Å². The molecule has 0 radical (unpaired) electrons. The lowest BCUT2D eigenvalue weighted by molar-refractivity contribution is -0.141. The van der Waals surface area contributed by atoms with Crippen LogP contribution in [-0.2, 0) is 27.2 Å². The molecule has 222 valence electrons. The summed E-state index contributed by atoms with van der Waals surface area (Å²) in [5.74, 6) is -0.276. The van der Waals surface area contributed by atoms with E-state index in [0.717, 1.165) is 64.2 Å². The minimum Gasteiger partial charge on any atom is -0.439 e. The van der Waals surface area contributed by atoms with E-state index in [1.54, 1.807) is 9.80 Å². The molecule has 2 aliphatic rings. The first-order chi connectivity index (χ1) is 20.0. The van der Waals surface area contributed by atoms with E-state index in [2.05, 4.69) is 66.5 Å². The molecule has 1 N–H and O–H groups in total. The maximum Gasteiger partial charge on any atom is 0.411 e. The highest BCUT2D eigenvalue weighted by Crippen LogP contribution is 2.24. The molecule has 0 spiro atoms. The third-order valence-electron chi connectivity index (χ3n) is 8.38. The van der Waals surface area contributed by atoms with Crippen molar-refractivity contribution in [3.05, 3.63) is 71.8 Å². The molecule has 8 heteroatoms. The number of nitrogens with zero attached hydrogens (tertiary/aromatic N) is 2. The van der Waals surface area contributed by atoms with E-state index in [1.165, 1.54) is 11.1 Å². The molecule has 2 aliphatic heterocycles. The summed E-state index contributed by atoms with van der Waals surface area (Å²) < 4.78 is 5.09. The highest BCUT2D eigenvalue weighted by Gasteiger charge is 2.38. The standard InChI is InChI=1S/C33H45N3O4S/c37-31(28-18-11-22-35(24-28)32(38)30-21-7-8-23-36(30)33(39)40-25-41)34-29(19-9-16-26-12-3-1-4-13-26)20-10-17-27-14-5-2-6-15-27/h1-6,12-15,28-30,41H,7-11,16-25H2,(H,34,37). The highest BCUT2D eigenvalue weighted by atomic mass is 32.1. The monoisotopic (exact) mass is 579 g/mol. The van der Waals surface area contributed by atoms with E-state index in [0.29, 0.717) is 26.1 Å². The Morgan fingerprint density at radius 2 is 1.49 bits per heavy atom. The van der Waals surface area contributed by atoms with Crippen molar-refractivity contribution in [3.63, 3.8) is 0 Å². The summed E-state index contributed by atoms with van der Waals surface area (Å²) in [6.45, 7) is 1.53. The Morgan fingerprint density at radius 1 is 0.854 bits per heavy atom. The fraction of sp³-hybridized carbons (Fsp3) is 0.545. The molecule has 2 heterocycles. The Hall–Kier alpha value is -3.00. The van der Waals surface area contributed by atoms with Crippen molar-refractivity contribution in [2.24, 2.45) is 5.92 Å². The molecule has 2 aromatic rings. The molecule has 0 aliphatic carbocycles. The predicted octanol–water partition coefficient (Wildman–Crippen LogP) is 5.63. The zero-order chi connectivity index (χ0) is 28.9. The topological polar surface area (TPSA) is 79.0 Å². The van der Waals surface area contributed by atoms with Gasteiger partial charge in [0.1, 0.15) is 12.0 Å². The number of piperidine rings is 2. The summed E-state index contributed by atoms with van der Waals surface area (Å²) in [5.41, 5.74) is 2.64. The molecule has 41 heavy (non-hydrogen) atoms. The van der Waals surface area contributed by atoms with Crippen LogP contribution in [0.1, 0.15) is 68.9 Å². The molecule has 2 unspecified atom stereocenters. The number of ether oxygens (including phenoxy) is 1. The second kappa shape index (κ2) is 16.4. The maximum atomic E-state index is 13.5. The number of benzene rings is 2. The van der Waals surface area contributed by atoms with Gasteiger partial charge in [-0.3, -0.25) is 14.5 Å². The van der Waals surface area contributed by atoms with Gasteiger partial charge in [-0.25, -0.2) is 4.79 Å². The number of carbonyl (C=O) groups is 3. The van der Waals surface area contributed by atoms with Crippen molar-refractivity contribution in [2.75, 3.05) is 25.6 Å². The van der Waals surface area contributed by atoms with Crippen LogP contribution in [0.5, 0.6) is 0 Å². The van der Waals surface area contributed by atoms with Crippen LogP contribution in [0.2, 0.25) is 0 Å². The number of nitrogens with one attached hydrogen (secondary N) is 1.